The molecule has 0 fully saturated rings. The van der Waals surface area contributed by atoms with E-state index in [1.807, 2.05) is 0 Å². The van der Waals surface area contributed by atoms with Crippen molar-refractivity contribution in [1.29, 1.82) is 0 Å². The molecule has 0 radical (unpaired) electrons. The zero-order valence-corrected chi connectivity index (χ0v) is 65.1. The fourth-order valence-corrected chi connectivity index (χ4v) is 10.2. The van der Waals surface area contributed by atoms with E-state index in [1.165, 1.54) is 59.0 Å². The predicted octanol–water partition coefficient (Wildman–Crippen LogP) is -10.2. The number of benzene rings is 1. The molecule has 0 spiro atoms. The number of aryl methyl sites for hydroxylation is 1. The molecule has 45 nitrogen and oxygen atoms in total. The van der Waals surface area contributed by atoms with Crippen LogP contribution in [0.25, 0.3) is 0 Å². The number of carbonyl (C=O) groups excluding carboxylic acids is 17. The number of nitrogens with zero attached hydrogens (tertiary/aromatic N) is 4. The summed E-state index contributed by atoms with van der Waals surface area (Å²) in [6.07, 6.45) is -2.63. The minimum atomic E-state index is -1.86. The quantitative estimate of drug-likeness (QED) is 0.0127. The van der Waals surface area contributed by atoms with Gasteiger partial charge in [-0.25, -0.2) is 0 Å². The molecule has 21 N–H and O–H groups in total. The van der Waals surface area contributed by atoms with E-state index in [9.17, 15) is 107 Å². The van der Waals surface area contributed by atoms with Gasteiger partial charge in [0.2, 0.25) is 82.7 Å². The van der Waals surface area contributed by atoms with Gasteiger partial charge in [-0.05, 0) is 98.6 Å². The summed E-state index contributed by atoms with van der Waals surface area (Å²) in [4.78, 5) is 231. The van der Waals surface area contributed by atoms with Crippen molar-refractivity contribution >= 4 is 144 Å². The third-order valence-electron chi connectivity index (χ3n) is 16.0. The van der Waals surface area contributed by atoms with Crippen LogP contribution in [0.4, 0.5) is 0 Å². The van der Waals surface area contributed by atoms with E-state index in [4.69, 9.17) is 14.6 Å². The van der Waals surface area contributed by atoms with Crippen molar-refractivity contribution in [2.45, 2.75) is 172 Å². The number of amides is 17. The van der Waals surface area contributed by atoms with E-state index in [0.29, 0.717) is 18.5 Å². The monoisotopic (exact) mass is 1640 g/mol. The molecule has 112 heavy (non-hydrogen) atoms. The number of hydrogen-bond donors (Lipinski definition) is 24. The first-order valence-electron chi connectivity index (χ1n) is 34.7. The fraction of sp³-hybridized carbons (Fsp3) is 0.594. The van der Waals surface area contributed by atoms with Gasteiger partial charge in [0.25, 0.3) is 17.7 Å². The second kappa shape index (κ2) is 47.8. The van der Waals surface area contributed by atoms with Crippen molar-refractivity contribution in [2.24, 2.45) is 0 Å². The maximum atomic E-state index is 13.5. The zero-order chi connectivity index (χ0) is 84.4. The van der Waals surface area contributed by atoms with Crippen molar-refractivity contribution < 1.29 is 121 Å². The van der Waals surface area contributed by atoms with Gasteiger partial charge in [0.05, 0.1) is 80.8 Å². The standard InChI is InChI=1S/C64H98N20O25S3/c1-28(50(91)67-22-45(89)70-29(2)53(94)78-49(36(9)87)61(102)79-48(35(8)86)60(101)76-42(26-111)56(97)72-30(3)51(92)71-31(4)52(93)75-41(25-110)57(98)74-33(6)64(105)106)69-46(90)23-68-59(100)47(34(7)85)77-54(95)32(5)73-58(99)43(27-112)81-83-24-38(80-82-83)11-10-12-44(88)65-15-17-108-19-20-109-18-16-66-55(96)37-13-14-39-40(21-37)63(104)84(107)62(39)103/h13-14,21,24,28-36,41-43,47-49,81,85-87,107,110-112H,10-12,15-20,22-23,25-27H2,1-9H3,(H,65,88)(H,66,96)(H,67,91)(H,68,100)(H,69,90)(H,70,89)(H,71,92)(H,72,97)(H,73,99)(H,74,98)(H,75,93)(H,76,101)(H,77,95)(H,78,94)(H,79,102)(H,105,106)/t28-,29-,30-,31-,32-,33-,34+,35+,36+,41-,42-,43-,47-,48-,49-/m0/s1. The maximum absolute atomic E-state index is 13.5. The molecule has 0 saturated heterocycles. The number of thiol groups is 3. The van der Waals surface area contributed by atoms with Gasteiger partial charge in [0.1, 0.15) is 72.5 Å². The van der Waals surface area contributed by atoms with Crippen molar-refractivity contribution in [1.82, 2.24) is 99.9 Å². The van der Waals surface area contributed by atoms with Crippen LogP contribution >= 0.6 is 37.9 Å². The Bertz CT molecular complexity index is 3710. The van der Waals surface area contributed by atoms with Gasteiger partial charge < -0.3 is 110 Å². The molecule has 0 bridgehead atoms. The van der Waals surface area contributed by atoms with E-state index in [-0.39, 0.29) is 85.1 Å². The second-order valence-corrected chi connectivity index (χ2v) is 26.4. The predicted molar refractivity (Wildman–Crippen MR) is 397 cm³/mol. The summed E-state index contributed by atoms with van der Waals surface area (Å²) in [5, 5.41) is 92.8. The third-order valence-corrected chi connectivity index (χ3v) is 17.1. The number of hydroxylamine groups is 2. The summed E-state index contributed by atoms with van der Waals surface area (Å²) in [5.74, 6) is -17.4. The molecule has 0 saturated carbocycles. The van der Waals surface area contributed by atoms with Crippen LogP contribution in [0.5, 0.6) is 0 Å². The topological polar surface area (TPSA) is 653 Å². The van der Waals surface area contributed by atoms with Crippen LogP contribution in [0.1, 0.15) is 112 Å². The lowest BCUT2D eigenvalue weighted by atomic mass is 10.1. The van der Waals surface area contributed by atoms with Crippen molar-refractivity contribution in [2.75, 3.05) is 75.3 Å². The van der Waals surface area contributed by atoms with E-state index in [2.05, 4.69) is 133 Å². The molecule has 1 aliphatic rings. The van der Waals surface area contributed by atoms with Crippen LogP contribution in [-0.2, 0) is 87.8 Å². The number of aliphatic carboxylic acids is 1. The lowest BCUT2D eigenvalue weighted by Crippen LogP contribution is -2.63. The van der Waals surface area contributed by atoms with Gasteiger partial charge in [0, 0.05) is 42.3 Å². The molecule has 1 aromatic heterocycles. The second-order valence-electron chi connectivity index (χ2n) is 25.3. The van der Waals surface area contributed by atoms with E-state index >= 15 is 0 Å². The number of hydrogen-bond acceptors (Lipinski definition) is 30. The molecule has 1 aromatic carbocycles. The highest BCUT2D eigenvalue weighted by Crippen LogP contribution is 2.23. The Labute approximate surface area is 657 Å². The number of nitrogens with one attached hydrogen (secondary N) is 16. The first-order chi connectivity index (χ1) is 52.7. The molecule has 3 rings (SSSR count). The smallest absolute Gasteiger partial charge is 0.325 e. The number of aliphatic hydroxyl groups excluding tert-OH is 3. The highest BCUT2D eigenvalue weighted by atomic mass is 32.1. The number of rotatable bonds is 49. The molecule has 48 heteroatoms. The first kappa shape index (κ1) is 95.8. The Morgan fingerprint density at radius 1 is 0.446 bits per heavy atom. The molecule has 1 aliphatic heterocycles. The molecule has 2 aromatic rings. The van der Waals surface area contributed by atoms with Gasteiger partial charge in [-0.1, -0.05) is 0 Å². The number of carboxylic acids is 1. The number of ether oxygens (including phenoxy) is 2. The van der Waals surface area contributed by atoms with Crippen LogP contribution < -0.4 is 85.2 Å². The summed E-state index contributed by atoms with van der Waals surface area (Å²) in [6, 6.07) is -13.6. The fourth-order valence-electron chi connectivity index (χ4n) is 9.44. The summed E-state index contributed by atoms with van der Waals surface area (Å²) >= 11 is 12.3. The van der Waals surface area contributed by atoms with Gasteiger partial charge >= 0.3 is 5.97 Å². The Morgan fingerprint density at radius 2 is 0.848 bits per heavy atom. The number of aromatic nitrogens is 3. The van der Waals surface area contributed by atoms with Gasteiger partial charge in [-0.15, -0.1) is 10.2 Å². The van der Waals surface area contributed by atoms with Gasteiger partial charge in [-0.2, -0.15) is 42.7 Å². The summed E-state index contributed by atoms with van der Waals surface area (Å²) in [6.45, 7) is 10.1. The van der Waals surface area contributed by atoms with Gasteiger partial charge in [0.15, 0.2) is 0 Å². The molecule has 0 aliphatic carbocycles. The zero-order valence-electron chi connectivity index (χ0n) is 62.4. The van der Waals surface area contributed by atoms with E-state index in [1.54, 1.807) is 0 Å². The Kier molecular flexibility index (Phi) is 40.9. The maximum Gasteiger partial charge on any atom is 0.325 e. The molecule has 622 valence electrons. The van der Waals surface area contributed by atoms with Gasteiger partial charge in [-0.3, -0.25) is 96.9 Å². The normalized spacial score (nSPS) is 15.6. The Morgan fingerprint density at radius 3 is 1.35 bits per heavy atom. The van der Waals surface area contributed by atoms with Crippen molar-refractivity contribution in [3.63, 3.8) is 0 Å². The Balaban J connectivity index is 1.35. The molecule has 17 amide bonds. The molecular weight excluding hydrogens is 1550 g/mol. The number of aliphatic hydroxyl groups is 3. The largest absolute Gasteiger partial charge is 0.480 e. The number of carbonyl (C=O) groups is 18. The Hall–Kier alpha value is -10.4. The lowest BCUT2D eigenvalue weighted by Gasteiger charge is -2.28. The van der Waals surface area contributed by atoms with Crippen molar-refractivity contribution in [3.8, 4) is 0 Å². The SMILES string of the molecule is C[C@H](NC(=O)[C@H](CS)NC(=O)[C@H](C)NC(=O)[C@H](C)NC(=O)[C@H](CS)NC(=O)[C@@H](NC(=O)[C@@H](NC(=O)[C@H](C)NC(=O)CNC(=O)[C@H](C)NC(=O)CNC(=O)[C@@H](NC(=O)[C@H](C)NC(=O)[C@H](CS)Nn1cc(CCCC(=O)NCCOCCOCCNC(=O)c2ccc3c(c2)C(=O)N(O)C3=O)nn1)[C@@H](C)O)[C@@H](C)O)[C@@H](C)O)C(=O)O. The first-order valence-corrected chi connectivity index (χ1v) is 36.6. The van der Waals surface area contributed by atoms with Crippen LogP contribution in [0.3, 0.4) is 0 Å². The van der Waals surface area contributed by atoms with Crippen molar-refractivity contribution in [3.05, 3.63) is 46.8 Å². The van der Waals surface area contributed by atoms with E-state index in [0.717, 1.165) is 32.5 Å². The minimum Gasteiger partial charge on any atom is -0.480 e. The lowest BCUT2D eigenvalue weighted by molar-refractivity contribution is -0.141. The highest BCUT2D eigenvalue weighted by molar-refractivity contribution is 7.80. The molecule has 0 unspecified atom stereocenters. The average Bonchev–Trinajstić information content (AvgIpc) is 1.63. The van der Waals surface area contributed by atoms with Crippen LogP contribution in [0.2, 0.25) is 0 Å². The van der Waals surface area contributed by atoms with E-state index < -0.39 is 210 Å². The summed E-state index contributed by atoms with van der Waals surface area (Å²) in [7, 11) is 0. The number of fused-ring (bicyclic) bond motifs is 1. The number of carboxylic acid groups (broad SMARTS) is 1. The van der Waals surface area contributed by atoms with Crippen LogP contribution in [0.15, 0.2) is 24.4 Å². The molecule has 15 atom stereocenters. The molecule has 2 heterocycles. The van der Waals surface area contributed by atoms with Crippen LogP contribution in [0, 0.1) is 0 Å². The highest BCUT2D eigenvalue weighted by Gasteiger charge is 2.38. The van der Waals surface area contributed by atoms with Crippen LogP contribution in [-0.4, -0.2) is 313 Å². The number of imide groups is 1. The third kappa shape index (κ3) is 31.8. The average molecular weight is 1640 g/mol. The summed E-state index contributed by atoms with van der Waals surface area (Å²) in [5.41, 5.74) is 3.26. The molecular formula is C64H98N20O25S3. The summed E-state index contributed by atoms with van der Waals surface area (Å²) < 4.78 is 10.9. The minimum absolute atomic E-state index is 0.0124.